The molecule has 3 unspecified atom stereocenters. The Hall–Kier alpha value is -0.500. The maximum atomic E-state index is 5.29. The van der Waals surface area contributed by atoms with E-state index in [1.165, 1.54) is 18.6 Å². The fourth-order valence-corrected chi connectivity index (χ4v) is 1.71. The van der Waals surface area contributed by atoms with E-state index in [2.05, 4.69) is 6.08 Å². The van der Waals surface area contributed by atoms with Crippen LogP contribution in [0.5, 0.6) is 0 Å². The summed E-state index contributed by atoms with van der Waals surface area (Å²) in [5.41, 5.74) is 0. The Labute approximate surface area is 59.8 Å². The standard InChI is InChI=1S/C8H10O2/c1-2-6-7(10-6)3-5(1)8-4-9-8/h3,5-6,8H,1-2,4H2. The van der Waals surface area contributed by atoms with Gasteiger partial charge in [0, 0.05) is 5.92 Å². The molecule has 0 aromatic carbocycles. The third kappa shape index (κ3) is 0.686. The van der Waals surface area contributed by atoms with Crippen LogP contribution in [-0.4, -0.2) is 18.8 Å². The van der Waals surface area contributed by atoms with Crippen molar-refractivity contribution >= 4 is 0 Å². The van der Waals surface area contributed by atoms with Crippen molar-refractivity contribution in [3.05, 3.63) is 11.8 Å². The van der Waals surface area contributed by atoms with Gasteiger partial charge in [0.15, 0.2) is 6.10 Å². The van der Waals surface area contributed by atoms with Crippen LogP contribution in [0.4, 0.5) is 0 Å². The van der Waals surface area contributed by atoms with Crippen molar-refractivity contribution in [1.82, 2.24) is 0 Å². The Morgan fingerprint density at radius 3 is 3.00 bits per heavy atom. The predicted octanol–water partition coefficient (Wildman–Crippen LogP) is 1.08. The second-order valence-electron chi connectivity index (χ2n) is 3.29. The van der Waals surface area contributed by atoms with Crippen LogP contribution in [0, 0.1) is 5.92 Å². The zero-order chi connectivity index (χ0) is 6.55. The molecule has 2 nitrogen and oxygen atoms in total. The highest BCUT2D eigenvalue weighted by Crippen LogP contribution is 2.41. The summed E-state index contributed by atoms with van der Waals surface area (Å²) >= 11 is 0. The van der Waals surface area contributed by atoms with E-state index < -0.39 is 0 Å². The van der Waals surface area contributed by atoms with E-state index in [0.717, 1.165) is 6.61 Å². The van der Waals surface area contributed by atoms with Gasteiger partial charge in [0.1, 0.15) is 5.76 Å². The summed E-state index contributed by atoms with van der Waals surface area (Å²) in [6.45, 7) is 0.971. The molecule has 3 aliphatic rings. The van der Waals surface area contributed by atoms with Gasteiger partial charge in [0.05, 0.1) is 12.7 Å². The molecule has 0 N–H and O–H groups in total. The largest absolute Gasteiger partial charge is 0.483 e. The molecule has 0 spiro atoms. The lowest BCUT2D eigenvalue weighted by molar-refractivity contribution is 0.336. The lowest BCUT2D eigenvalue weighted by Crippen LogP contribution is -2.09. The average Bonchev–Trinajstić information content (AvgIpc) is 2.83. The van der Waals surface area contributed by atoms with Crippen molar-refractivity contribution in [3.63, 3.8) is 0 Å². The van der Waals surface area contributed by atoms with Crippen LogP contribution in [0.15, 0.2) is 11.8 Å². The normalized spacial score (nSPS) is 48.8. The van der Waals surface area contributed by atoms with E-state index in [0.29, 0.717) is 18.1 Å². The highest BCUT2D eigenvalue weighted by atomic mass is 16.6. The van der Waals surface area contributed by atoms with Crippen LogP contribution in [-0.2, 0) is 9.47 Å². The molecule has 2 heterocycles. The minimum Gasteiger partial charge on any atom is -0.483 e. The van der Waals surface area contributed by atoms with Gasteiger partial charge < -0.3 is 9.47 Å². The SMILES string of the molecule is C1=C2OC2CCC1C1CO1. The first-order valence-electron chi connectivity index (χ1n) is 3.93. The molecule has 3 rings (SSSR count). The molecule has 0 amide bonds. The molecule has 0 saturated carbocycles. The molecular formula is C8H10O2. The molecule has 2 heteroatoms. The quantitative estimate of drug-likeness (QED) is 0.506. The molecule has 3 atom stereocenters. The Morgan fingerprint density at radius 1 is 1.40 bits per heavy atom. The zero-order valence-electron chi connectivity index (χ0n) is 5.75. The summed E-state index contributed by atoms with van der Waals surface area (Å²) < 4.78 is 10.5. The van der Waals surface area contributed by atoms with Gasteiger partial charge in [-0.2, -0.15) is 0 Å². The third-order valence-corrected chi connectivity index (χ3v) is 2.52. The number of hydrogen-bond donors (Lipinski definition) is 0. The van der Waals surface area contributed by atoms with E-state index in [1.54, 1.807) is 0 Å². The zero-order valence-corrected chi connectivity index (χ0v) is 5.75. The van der Waals surface area contributed by atoms with E-state index in [4.69, 9.17) is 9.47 Å². The number of hydrogen-bond acceptors (Lipinski definition) is 2. The van der Waals surface area contributed by atoms with Gasteiger partial charge in [-0.05, 0) is 18.9 Å². The van der Waals surface area contributed by atoms with Crippen molar-refractivity contribution in [2.75, 3.05) is 6.61 Å². The van der Waals surface area contributed by atoms with Gasteiger partial charge in [0.2, 0.25) is 0 Å². The molecule has 0 radical (unpaired) electrons. The van der Waals surface area contributed by atoms with Crippen molar-refractivity contribution in [1.29, 1.82) is 0 Å². The molecule has 2 fully saturated rings. The molecule has 0 aromatic rings. The first kappa shape index (κ1) is 5.19. The van der Waals surface area contributed by atoms with Crippen LogP contribution in [0.25, 0.3) is 0 Å². The molecule has 2 saturated heterocycles. The predicted molar refractivity (Wildman–Crippen MR) is 35.4 cm³/mol. The Kier molecular flexibility index (Phi) is 0.810. The van der Waals surface area contributed by atoms with E-state index in [9.17, 15) is 0 Å². The number of ether oxygens (including phenoxy) is 2. The van der Waals surface area contributed by atoms with Crippen LogP contribution >= 0.6 is 0 Å². The minimum absolute atomic E-state index is 0.509. The summed E-state index contributed by atoms with van der Waals surface area (Å²) in [4.78, 5) is 0. The molecule has 2 aliphatic heterocycles. The van der Waals surface area contributed by atoms with Gasteiger partial charge >= 0.3 is 0 Å². The Morgan fingerprint density at radius 2 is 2.30 bits per heavy atom. The van der Waals surface area contributed by atoms with E-state index in [1.807, 2.05) is 0 Å². The smallest absolute Gasteiger partial charge is 0.155 e. The van der Waals surface area contributed by atoms with E-state index in [-0.39, 0.29) is 0 Å². The fourth-order valence-electron chi connectivity index (χ4n) is 1.71. The van der Waals surface area contributed by atoms with E-state index >= 15 is 0 Å². The Balaban J connectivity index is 1.80. The first-order chi connectivity index (χ1) is 4.93. The van der Waals surface area contributed by atoms with Gasteiger partial charge in [0.25, 0.3) is 0 Å². The van der Waals surface area contributed by atoms with Crippen molar-refractivity contribution in [3.8, 4) is 0 Å². The van der Waals surface area contributed by atoms with Crippen LogP contribution in [0.1, 0.15) is 12.8 Å². The van der Waals surface area contributed by atoms with Crippen LogP contribution in [0.2, 0.25) is 0 Å². The summed E-state index contributed by atoms with van der Waals surface area (Å²) in [5.74, 6) is 1.90. The molecular weight excluding hydrogens is 128 g/mol. The van der Waals surface area contributed by atoms with Crippen LogP contribution < -0.4 is 0 Å². The Bertz CT molecular complexity index is 193. The average molecular weight is 138 g/mol. The second kappa shape index (κ2) is 1.56. The third-order valence-electron chi connectivity index (χ3n) is 2.52. The van der Waals surface area contributed by atoms with Crippen molar-refractivity contribution in [2.45, 2.75) is 25.0 Å². The lowest BCUT2D eigenvalue weighted by Gasteiger charge is -2.08. The fraction of sp³-hybridized carbons (Fsp3) is 0.750. The summed E-state index contributed by atoms with van der Waals surface area (Å²) in [6, 6.07) is 0. The van der Waals surface area contributed by atoms with Gasteiger partial charge in [-0.3, -0.25) is 0 Å². The summed E-state index contributed by atoms with van der Waals surface area (Å²) in [6.07, 6.45) is 5.79. The molecule has 54 valence electrons. The highest BCUT2D eigenvalue weighted by molar-refractivity contribution is 5.20. The van der Waals surface area contributed by atoms with Gasteiger partial charge in [-0.25, -0.2) is 0 Å². The highest BCUT2D eigenvalue weighted by Gasteiger charge is 2.42. The molecule has 10 heavy (non-hydrogen) atoms. The topological polar surface area (TPSA) is 25.1 Å². The first-order valence-corrected chi connectivity index (χ1v) is 3.93. The second-order valence-corrected chi connectivity index (χ2v) is 3.29. The van der Waals surface area contributed by atoms with Crippen LogP contribution in [0.3, 0.4) is 0 Å². The number of fused-ring (bicyclic) bond motifs is 1. The van der Waals surface area contributed by atoms with Gasteiger partial charge in [-0.15, -0.1) is 0 Å². The van der Waals surface area contributed by atoms with Gasteiger partial charge in [-0.1, -0.05) is 0 Å². The number of epoxide rings is 2. The van der Waals surface area contributed by atoms with Crippen molar-refractivity contribution in [2.24, 2.45) is 5.92 Å². The molecule has 1 aliphatic carbocycles. The minimum atomic E-state index is 0.509. The molecule has 0 aromatic heterocycles. The lowest BCUT2D eigenvalue weighted by atomic mass is 9.93. The molecule has 0 bridgehead atoms. The summed E-state index contributed by atoms with van der Waals surface area (Å²) in [7, 11) is 0. The summed E-state index contributed by atoms with van der Waals surface area (Å²) in [5, 5.41) is 0. The van der Waals surface area contributed by atoms with Crippen molar-refractivity contribution < 1.29 is 9.47 Å². The monoisotopic (exact) mass is 138 g/mol. The number of rotatable bonds is 1. The maximum Gasteiger partial charge on any atom is 0.155 e. The maximum absolute atomic E-state index is 5.29.